The molecule has 0 N–H and O–H groups in total. The fourth-order valence-corrected chi connectivity index (χ4v) is 0.841. The summed E-state index contributed by atoms with van der Waals surface area (Å²) in [7, 11) is 0. The zero-order valence-corrected chi connectivity index (χ0v) is 5.67. The molecule has 1 amide bonds. The third kappa shape index (κ3) is 2.55. The first-order valence-electron chi connectivity index (χ1n) is 3.43. The molecule has 1 aliphatic rings. The summed E-state index contributed by atoms with van der Waals surface area (Å²) in [6.07, 6.45) is 5.01. The number of hydrogen-bond acceptors (Lipinski definition) is 2. The van der Waals surface area contributed by atoms with Crippen LogP contribution in [0.2, 0.25) is 0 Å². The molecular weight excluding hydrogens is 130 g/mol. The summed E-state index contributed by atoms with van der Waals surface area (Å²) in [6, 6.07) is 0. The van der Waals surface area contributed by atoms with Crippen molar-refractivity contribution in [3.8, 4) is 0 Å². The van der Waals surface area contributed by atoms with E-state index in [0.717, 1.165) is 12.3 Å². The average Bonchev–Trinajstić information content (AvgIpc) is 2.67. The van der Waals surface area contributed by atoms with Gasteiger partial charge in [0.1, 0.15) is 0 Å². The van der Waals surface area contributed by atoms with E-state index in [1.54, 1.807) is 0 Å². The zero-order chi connectivity index (χ0) is 7.40. The van der Waals surface area contributed by atoms with E-state index in [1.165, 1.54) is 18.9 Å². The van der Waals surface area contributed by atoms with Gasteiger partial charge in [-0.05, 0) is 12.3 Å². The first-order valence-corrected chi connectivity index (χ1v) is 3.43. The van der Waals surface area contributed by atoms with Crippen molar-refractivity contribution in [3.63, 3.8) is 0 Å². The molecule has 54 valence electrons. The van der Waals surface area contributed by atoms with E-state index in [9.17, 15) is 9.59 Å². The van der Waals surface area contributed by atoms with E-state index in [0.29, 0.717) is 6.42 Å². The molecule has 0 heterocycles. The fraction of sp³-hybridized carbons (Fsp3) is 0.714. The predicted octanol–water partition coefficient (Wildman–Crippen LogP) is 1.04. The Kier molecular flexibility index (Phi) is 2.35. The van der Waals surface area contributed by atoms with Crippen molar-refractivity contribution in [1.82, 2.24) is 0 Å². The second-order valence-corrected chi connectivity index (χ2v) is 2.58. The van der Waals surface area contributed by atoms with Gasteiger partial charge in [0.2, 0.25) is 6.08 Å². The maximum atomic E-state index is 10.5. The molecule has 1 fully saturated rings. The summed E-state index contributed by atoms with van der Waals surface area (Å²) in [5.41, 5.74) is 0. The molecule has 0 aromatic carbocycles. The number of hydrogen-bond donors (Lipinski definition) is 0. The monoisotopic (exact) mass is 139 g/mol. The van der Waals surface area contributed by atoms with Gasteiger partial charge in [-0.1, -0.05) is 12.8 Å². The summed E-state index contributed by atoms with van der Waals surface area (Å²) in [5.74, 6) is 0.396. The van der Waals surface area contributed by atoms with Crippen molar-refractivity contribution >= 4 is 12.0 Å². The van der Waals surface area contributed by atoms with Gasteiger partial charge < -0.3 is 0 Å². The van der Waals surface area contributed by atoms with Crippen molar-refractivity contribution in [2.75, 3.05) is 0 Å². The first-order chi connectivity index (χ1) is 4.83. The Morgan fingerprint density at radius 1 is 1.60 bits per heavy atom. The maximum Gasteiger partial charge on any atom is 0.256 e. The summed E-state index contributed by atoms with van der Waals surface area (Å²) < 4.78 is 0. The number of aliphatic imine (C=N–C) groups is 1. The highest BCUT2D eigenvalue weighted by Gasteiger charge is 2.21. The van der Waals surface area contributed by atoms with Crippen LogP contribution < -0.4 is 0 Å². The second-order valence-electron chi connectivity index (χ2n) is 2.58. The molecule has 0 bridgehead atoms. The van der Waals surface area contributed by atoms with E-state index in [-0.39, 0.29) is 5.91 Å². The topological polar surface area (TPSA) is 46.5 Å². The summed E-state index contributed by atoms with van der Waals surface area (Å²) in [4.78, 5) is 23.1. The third-order valence-corrected chi connectivity index (χ3v) is 1.63. The molecular formula is C7H9NO2. The smallest absolute Gasteiger partial charge is 0.256 e. The van der Waals surface area contributed by atoms with Crippen LogP contribution in [-0.2, 0) is 9.59 Å². The Morgan fingerprint density at radius 3 is 2.80 bits per heavy atom. The van der Waals surface area contributed by atoms with E-state index in [4.69, 9.17) is 0 Å². The van der Waals surface area contributed by atoms with E-state index in [2.05, 4.69) is 4.99 Å². The van der Waals surface area contributed by atoms with Crippen LogP contribution in [0, 0.1) is 5.92 Å². The molecule has 0 aromatic heterocycles. The van der Waals surface area contributed by atoms with Crippen LogP contribution >= 0.6 is 0 Å². The van der Waals surface area contributed by atoms with E-state index in [1.807, 2.05) is 0 Å². The van der Waals surface area contributed by atoms with Crippen LogP contribution in [0.4, 0.5) is 0 Å². The largest absolute Gasteiger partial charge is 0.272 e. The molecule has 3 nitrogen and oxygen atoms in total. The van der Waals surface area contributed by atoms with Crippen LogP contribution in [0.1, 0.15) is 25.7 Å². The van der Waals surface area contributed by atoms with Gasteiger partial charge in [-0.15, -0.1) is 4.99 Å². The Labute approximate surface area is 59.1 Å². The zero-order valence-electron chi connectivity index (χ0n) is 5.67. The number of isocyanates is 1. The Morgan fingerprint density at radius 2 is 2.30 bits per heavy atom. The van der Waals surface area contributed by atoms with Crippen molar-refractivity contribution in [3.05, 3.63) is 0 Å². The molecule has 1 rings (SSSR count). The van der Waals surface area contributed by atoms with Crippen LogP contribution in [0.15, 0.2) is 4.99 Å². The van der Waals surface area contributed by atoms with Crippen molar-refractivity contribution in [1.29, 1.82) is 0 Å². The van der Waals surface area contributed by atoms with Gasteiger partial charge in [0, 0.05) is 6.42 Å². The minimum Gasteiger partial charge on any atom is -0.272 e. The standard InChI is InChI=1S/C7H9NO2/c9-5-8-7(10)4-3-6-1-2-6/h6H,1-4H2. The van der Waals surface area contributed by atoms with Gasteiger partial charge in [0.25, 0.3) is 5.91 Å². The normalized spacial score (nSPS) is 16.0. The molecule has 0 saturated heterocycles. The van der Waals surface area contributed by atoms with Crippen molar-refractivity contribution < 1.29 is 9.59 Å². The number of carbonyl (C=O) groups excluding carboxylic acids is 2. The van der Waals surface area contributed by atoms with Gasteiger partial charge in [-0.3, -0.25) is 4.79 Å². The summed E-state index contributed by atoms with van der Waals surface area (Å²) in [6.45, 7) is 0. The summed E-state index contributed by atoms with van der Waals surface area (Å²) >= 11 is 0. The lowest BCUT2D eigenvalue weighted by atomic mass is 10.2. The fourth-order valence-electron chi connectivity index (χ4n) is 0.841. The van der Waals surface area contributed by atoms with Gasteiger partial charge in [0.15, 0.2) is 0 Å². The van der Waals surface area contributed by atoms with Crippen molar-refractivity contribution in [2.24, 2.45) is 10.9 Å². The quantitative estimate of drug-likeness (QED) is 0.433. The van der Waals surface area contributed by atoms with Crippen LogP contribution in [-0.4, -0.2) is 12.0 Å². The van der Waals surface area contributed by atoms with Crippen LogP contribution in [0.3, 0.4) is 0 Å². The third-order valence-electron chi connectivity index (χ3n) is 1.63. The molecule has 0 radical (unpaired) electrons. The van der Waals surface area contributed by atoms with Gasteiger partial charge in [-0.25, -0.2) is 4.79 Å². The predicted molar refractivity (Wildman–Crippen MR) is 35.1 cm³/mol. The molecule has 10 heavy (non-hydrogen) atoms. The first kappa shape index (κ1) is 7.16. The Balaban J connectivity index is 2.10. The molecule has 0 aromatic rings. The molecule has 0 aliphatic heterocycles. The maximum absolute atomic E-state index is 10.5. The molecule has 0 spiro atoms. The van der Waals surface area contributed by atoms with Crippen LogP contribution in [0.25, 0.3) is 0 Å². The van der Waals surface area contributed by atoms with Gasteiger partial charge >= 0.3 is 0 Å². The highest BCUT2D eigenvalue weighted by molar-refractivity contribution is 5.81. The number of rotatable bonds is 3. The molecule has 1 saturated carbocycles. The van der Waals surface area contributed by atoms with Gasteiger partial charge in [0.05, 0.1) is 0 Å². The minimum absolute atomic E-state index is 0.332. The van der Waals surface area contributed by atoms with Crippen molar-refractivity contribution in [2.45, 2.75) is 25.7 Å². The second kappa shape index (κ2) is 3.28. The molecule has 0 unspecified atom stereocenters. The number of carbonyl (C=O) groups is 1. The summed E-state index contributed by atoms with van der Waals surface area (Å²) in [5, 5.41) is 0. The number of amides is 1. The van der Waals surface area contributed by atoms with Gasteiger partial charge in [-0.2, -0.15) is 0 Å². The Hall–Kier alpha value is -0.950. The highest BCUT2D eigenvalue weighted by atomic mass is 16.2. The minimum atomic E-state index is -0.332. The average molecular weight is 139 g/mol. The molecule has 3 heteroatoms. The Bertz CT molecular complexity index is 178. The highest BCUT2D eigenvalue weighted by Crippen LogP contribution is 2.33. The number of nitrogens with zero attached hydrogens (tertiary/aromatic N) is 1. The van der Waals surface area contributed by atoms with E-state index >= 15 is 0 Å². The SMILES string of the molecule is O=C=NC(=O)CCC1CC1. The van der Waals surface area contributed by atoms with Crippen LogP contribution in [0.5, 0.6) is 0 Å². The molecule has 1 aliphatic carbocycles. The lowest BCUT2D eigenvalue weighted by Gasteiger charge is -1.88. The lowest BCUT2D eigenvalue weighted by molar-refractivity contribution is -0.117. The molecule has 0 atom stereocenters. The lowest BCUT2D eigenvalue weighted by Crippen LogP contribution is -1.92. The van der Waals surface area contributed by atoms with E-state index < -0.39 is 0 Å².